The Morgan fingerprint density at radius 2 is 1.83 bits per heavy atom. The number of nitrogens with zero attached hydrogens (tertiary/aromatic N) is 1. The molecule has 234 valence electrons. The van der Waals surface area contributed by atoms with E-state index in [2.05, 4.69) is 5.09 Å². The summed E-state index contributed by atoms with van der Waals surface area (Å²) in [5.74, 6) is -1.51. The van der Waals surface area contributed by atoms with E-state index < -0.39 is 73.6 Å². The molecule has 0 bridgehead atoms. The summed E-state index contributed by atoms with van der Waals surface area (Å²) in [5.41, 5.74) is -2.97. The van der Waals surface area contributed by atoms with Crippen LogP contribution < -0.4 is 20.9 Å². The molecule has 3 rings (SSSR count). The minimum Gasteiger partial charge on any atom is -0.459 e. The van der Waals surface area contributed by atoms with E-state index in [-0.39, 0.29) is 12.2 Å². The fourth-order valence-electron chi connectivity index (χ4n) is 3.99. The zero-order valence-corrected chi connectivity index (χ0v) is 25.4. The lowest BCUT2D eigenvalue weighted by atomic mass is 9.97. The number of carbonyl (C=O) groups is 1. The van der Waals surface area contributed by atoms with Crippen LogP contribution in [0.15, 0.2) is 46.1 Å². The van der Waals surface area contributed by atoms with Gasteiger partial charge in [0.05, 0.1) is 24.3 Å². The zero-order chi connectivity index (χ0) is 31.1. The molecule has 1 saturated heterocycles. The van der Waals surface area contributed by atoms with Crippen LogP contribution in [0.1, 0.15) is 54.2 Å². The van der Waals surface area contributed by atoms with Crippen molar-refractivity contribution >= 4 is 13.7 Å². The lowest BCUT2D eigenvalue weighted by Crippen LogP contribution is -2.41. The molecular weight excluding hydrogens is 576 g/mol. The topological polar surface area (TPSA) is 156 Å². The molecule has 2 heterocycles. The van der Waals surface area contributed by atoms with Crippen LogP contribution in [0.4, 0.5) is 4.39 Å². The average molecular weight is 616 g/mol. The van der Waals surface area contributed by atoms with Crippen molar-refractivity contribution in [3.8, 4) is 5.75 Å². The third-order valence-corrected chi connectivity index (χ3v) is 7.76. The highest BCUT2D eigenvalue weighted by molar-refractivity contribution is 7.52. The molecule has 0 saturated carbocycles. The number of benzene rings is 1. The number of aromatic amines is 1. The van der Waals surface area contributed by atoms with Crippen molar-refractivity contribution in [1.29, 1.82) is 0 Å². The van der Waals surface area contributed by atoms with E-state index in [1.165, 1.54) is 0 Å². The van der Waals surface area contributed by atoms with Gasteiger partial charge in [-0.25, -0.2) is 14.4 Å². The van der Waals surface area contributed by atoms with Gasteiger partial charge in [-0.3, -0.25) is 23.7 Å². The van der Waals surface area contributed by atoms with Gasteiger partial charge in [-0.15, -0.1) is 0 Å². The standard InChI is InChI=1S/C27H39FN3O10P/c1-7-36-24(37-8-2)17(3)30-42(35,41-18-12-10-9-11-13-18)38-16-21-20(40-25(33)27(4,5)6)14-22(39-21)31-15-19(28)23(32)29-26(31)34/h9-13,15,17,20-22,24H,7-8,14,16H2,1-6H3,(H,30,35)(H,29,32,34)/t17?,20-,21+,22+,42?/m0/s1. The van der Waals surface area contributed by atoms with Gasteiger partial charge in [-0.05, 0) is 53.7 Å². The predicted octanol–water partition coefficient (Wildman–Crippen LogP) is 3.50. The number of hydrogen-bond acceptors (Lipinski definition) is 10. The number of aromatic nitrogens is 2. The number of H-pyrrole nitrogens is 1. The molecule has 0 amide bonds. The highest BCUT2D eigenvalue weighted by Gasteiger charge is 2.43. The number of ether oxygens (including phenoxy) is 4. The lowest BCUT2D eigenvalue weighted by Gasteiger charge is -2.29. The minimum atomic E-state index is -4.17. The molecule has 2 N–H and O–H groups in total. The van der Waals surface area contributed by atoms with Crippen molar-refractivity contribution in [2.24, 2.45) is 5.41 Å². The molecule has 1 fully saturated rings. The van der Waals surface area contributed by atoms with E-state index in [1.807, 2.05) is 4.98 Å². The van der Waals surface area contributed by atoms with Gasteiger partial charge in [0.2, 0.25) is 5.82 Å². The molecule has 1 aliphatic rings. The fraction of sp³-hybridized carbons (Fsp3) is 0.593. The van der Waals surface area contributed by atoms with Crippen LogP contribution in [0.3, 0.4) is 0 Å². The SMILES string of the molecule is CCOC(OCC)C(C)NP(=O)(OC[C@H]1O[C@@H](n2cc(F)c(=O)[nH]c2=O)C[C@@H]1OC(=O)C(C)(C)C)Oc1ccccc1. The van der Waals surface area contributed by atoms with Crippen LogP contribution >= 0.6 is 7.75 Å². The van der Waals surface area contributed by atoms with Gasteiger partial charge in [0, 0.05) is 19.6 Å². The summed E-state index contributed by atoms with van der Waals surface area (Å²) in [6.45, 7) is 10.5. The molecule has 0 aliphatic carbocycles. The third-order valence-electron chi connectivity index (χ3n) is 6.10. The van der Waals surface area contributed by atoms with E-state index >= 15 is 0 Å². The first-order chi connectivity index (χ1) is 19.8. The molecule has 2 aromatic rings. The Morgan fingerprint density at radius 1 is 1.19 bits per heavy atom. The number of hydrogen-bond donors (Lipinski definition) is 2. The van der Waals surface area contributed by atoms with E-state index in [4.69, 9.17) is 28.0 Å². The normalized spacial score (nSPS) is 21.2. The Labute approximate surface area is 243 Å². The molecule has 15 heteroatoms. The summed E-state index contributed by atoms with van der Waals surface area (Å²) >= 11 is 0. The molecule has 42 heavy (non-hydrogen) atoms. The van der Waals surface area contributed by atoms with Gasteiger partial charge in [0.15, 0.2) is 6.29 Å². The predicted molar refractivity (Wildman–Crippen MR) is 149 cm³/mol. The largest absolute Gasteiger partial charge is 0.459 e. The molecule has 1 aromatic heterocycles. The number of para-hydroxylation sites is 1. The highest BCUT2D eigenvalue weighted by atomic mass is 31.2. The van der Waals surface area contributed by atoms with Crippen molar-refractivity contribution in [2.75, 3.05) is 19.8 Å². The summed E-state index contributed by atoms with van der Waals surface area (Å²) in [7, 11) is -4.17. The smallest absolute Gasteiger partial charge is 0.459 e. The first-order valence-corrected chi connectivity index (χ1v) is 15.2. The van der Waals surface area contributed by atoms with Crippen molar-refractivity contribution in [1.82, 2.24) is 14.6 Å². The fourth-order valence-corrected chi connectivity index (χ4v) is 5.53. The highest BCUT2D eigenvalue weighted by Crippen LogP contribution is 2.46. The molecule has 0 spiro atoms. The molecule has 1 aromatic carbocycles. The van der Waals surface area contributed by atoms with E-state index in [9.17, 15) is 23.3 Å². The number of rotatable bonds is 14. The van der Waals surface area contributed by atoms with E-state index in [1.54, 1.807) is 71.9 Å². The summed E-state index contributed by atoms with van der Waals surface area (Å²) in [4.78, 5) is 38.6. The van der Waals surface area contributed by atoms with Gasteiger partial charge < -0.3 is 23.5 Å². The maximum absolute atomic E-state index is 14.1. The second-order valence-electron chi connectivity index (χ2n) is 10.6. The second kappa shape index (κ2) is 14.5. The third kappa shape index (κ3) is 9.06. The Bertz CT molecular complexity index is 1340. The van der Waals surface area contributed by atoms with Gasteiger partial charge in [0.1, 0.15) is 24.2 Å². The monoisotopic (exact) mass is 615 g/mol. The quantitative estimate of drug-likeness (QED) is 0.182. The Morgan fingerprint density at radius 3 is 2.43 bits per heavy atom. The van der Waals surface area contributed by atoms with Crippen LogP contribution in [0, 0.1) is 11.2 Å². The summed E-state index contributed by atoms with van der Waals surface area (Å²) in [5, 5.41) is 2.83. The first-order valence-electron chi connectivity index (χ1n) is 13.6. The van der Waals surface area contributed by atoms with E-state index in [0.29, 0.717) is 19.4 Å². The molecule has 0 radical (unpaired) electrons. The molecular formula is C27H39FN3O10P. The van der Waals surface area contributed by atoms with E-state index in [0.717, 1.165) is 4.57 Å². The van der Waals surface area contributed by atoms with Crippen molar-refractivity contribution in [2.45, 2.75) is 78.7 Å². The number of carbonyl (C=O) groups excluding carboxylic acids is 1. The van der Waals surface area contributed by atoms with Gasteiger partial charge in [0.25, 0.3) is 5.56 Å². The maximum atomic E-state index is 14.1. The van der Waals surface area contributed by atoms with Crippen molar-refractivity contribution < 1.29 is 41.7 Å². The molecule has 2 unspecified atom stereocenters. The summed E-state index contributed by atoms with van der Waals surface area (Å²) in [6, 6.07) is 7.68. The Kier molecular flexibility index (Phi) is 11.6. The number of halogens is 1. The van der Waals surface area contributed by atoms with Gasteiger partial charge in [-0.2, -0.15) is 4.39 Å². The lowest BCUT2D eigenvalue weighted by molar-refractivity contribution is -0.162. The van der Waals surface area contributed by atoms with Crippen LogP contribution in [0.5, 0.6) is 5.75 Å². The Balaban J connectivity index is 1.88. The molecule has 13 nitrogen and oxygen atoms in total. The summed E-state index contributed by atoms with van der Waals surface area (Å²) in [6.07, 6.45) is -3.30. The van der Waals surface area contributed by atoms with Gasteiger partial charge in [-0.1, -0.05) is 18.2 Å². The van der Waals surface area contributed by atoms with Crippen LogP contribution in [0.25, 0.3) is 0 Å². The molecule has 5 atom stereocenters. The number of esters is 1. The van der Waals surface area contributed by atoms with Crippen LogP contribution in [-0.2, 0) is 32.8 Å². The maximum Gasteiger partial charge on any atom is 0.459 e. The Hall–Kier alpha value is -2.87. The van der Waals surface area contributed by atoms with Crippen molar-refractivity contribution in [3.63, 3.8) is 0 Å². The second-order valence-corrected chi connectivity index (χ2v) is 12.3. The number of nitrogens with one attached hydrogen (secondary N) is 2. The van der Waals surface area contributed by atoms with Crippen molar-refractivity contribution in [3.05, 3.63) is 63.2 Å². The zero-order valence-electron chi connectivity index (χ0n) is 24.5. The molecule has 1 aliphatic heterocycles. The summed E-state index contributed by atoms with van der Waals surface area (Å²) < 4.78 is 63.4. The van der Waals surface area contributed by atoms with Gasteiger partial charge >= 0.3 is 19.4 Å². The van der Waals surface area contributed by atoms with Crippen LogP contribution in [-0.4, -0.2) is 59.9 Å². The minimum absolute atomic E-state index is 0.0777. The van der Waals surface area contributed by atoms with Crippen LogP contribution in [0.2, 0.25) is 0 Å². The average Bonchev–Trinajstić information content (AvgIpc) is 3.31. The first kappa shape index (κ1) is 33.6.